The van der Waals surface area contributed by atoms with Crippen LogP contribution < -0.4 is 4.90 Å². The van der Waals surface area contributed by atoms with Gasteiger partial charge in [-0.2, -0.15) is 0 Å². The van der Waals surface area contributed by atoms with Gasteiger partial charge in [0, 0.05) is 10.6 Å². The first-order valence-corrected chi connectivity index (χ1v) is 6.88. The van der Waals surface area contributed by atoms with Gasteiger partial charge in [0.05, 0.1) is 11.3 Å². The van der Waals surface area contributed by atoms with E-state index >= 15 is 0 Å². The normalized spacial score (nSPS) is 15.0. The molecule has 0 atom stereocenters. The number of halogens is 1. The van der Waals surface area contributed by atoms with Gasteiger partial charge in [-0.1, -0.05) is 41.9 Å². The lowest BCUT2D eigenvalue weighted by Crippen LogP contribution is -2.31. The Bertz CT molecular complexity index is 748. The third-order valence-electron chi connectivity index (χ3n) is 3.46. The minimum atomic E-state index is -0.300. The van der Waals surface area contributed by atoms with E-state index in [1.165, 1.54) is 4.90 Å². The molecule has 0 unspecified atom stereocenters. The average molecular weight is 298 g/mol. The summed E-state index contributed by atoms with van der Waals surface area (Å²) in [6.45, 7) is 1.68. The molecule has 1 heterocycles. The number of carbonyl (C=O) groups excluding carboxylic acids is 2. The highest BCUT2D eigenvalue weighted by Crippen LogP contribution is 2.32. The third-order valence-corrected chi connectivity index (χ3v) is 3.72. The van der Waals surface area contributed by atoms with Gasteiger partial charge in [-0.3, -0.25) is 9.59 Å². The van der Waals surface area contributed by atoms with Crippen molar-refractivity contribution in [1.82, 2.24) is 0 Å². The zero-order valence-corrected chi connectivity index (χ0v) is 12.1. The summed E-state index contributed by atoms with van der Waals surface area (Å²) in [5.74, 6) is -0.591. The summed E-state index contributed by atoms with van der Waals surface area (Å²) in [5, 5.41) is 0.561. The Hall–Kier alpha value is -2.39. The SMILES string of the molecule is CC1=C(c2ccccc2)C(=O)N(c2ccc(Cl)cc2)C1=O. The number of nitrogens with zero attached hydrogens (tertiary/aromatic N) is 1. The molecule has 2 aromatic carbocycles. The van der Waals surface area contributed by atoms with Crippen molar-refractivity contribution in [2.75, 3.05) is 4.90 Å². The van der Waals surface area contributed by atoms with Crippen molar-refractivity contribution in [1.29, 1.82) is 0 Å². The van der Waals surface area contributed by atoms with Crippen molar-refractivity contribution in [2.45, 2.75) is 6.92 Å². The smallest absolute Gasteiger partial charge is 0.266 e. The van der Waals surface area contributed by atoms with Crippen LogP contribution in [0.25, 0.3) is 5.57 Å². The highest BCUT2D eigenvalue weighted by atomic mass is 35.5. The molecule has 0 bridgehead atoms. The third kappa shape index (κ3) is 2.26. The predicted molar refractivity (Wildman–Crippen MR) is 83.0 cm³/mol. The molecule has 0 spiro atoms. The van der Waals surface area contributed by atoms with Gasteiger partial charge in [0.25, 0.3) is 11.8 Å². The maximum atomic E-state index is 12.6. The Balaban J connectivity index is 2.04. The summed E-state index contributed by atoms with van der Waals surface area (Å²) >= 11 is 5.85. The Morgan fingerprint density at radius 3 is 2.10 bits per heavy atom. The van der Waals surface area contributed by atoms with Crippen LogP contribution in [-0.2, 0) is 9.59 Å². The molecule has 0 N–H and O–H groups in total. The molecular weight excluding hydrogens is 286 g/mol. The number of benzene rings is 2. The predicted octanol–water partition coefficient (Wildman–Crippen LogP) is 3.69. The molecule has 0 saturated heterocycles. The summed E-state index contributed by atoms with van der Waals surface area (Å²) in [6, 6.07) is 15.9. The molecule has 3 rings (SSSR count). The van der Waals surface area contributed by atoms with Crippen molar-refractivity contribution < 1.29 is 9.59 Å². The van der Waals surface area contributed by atoms with Crippen molar-refractivity contribution in [3.63, 3.8) is 0 Å². The fraction of sp³-hybridized carbons (Fsp3) is 0.0588. The van der Waals surface area contributed by atoms with Gasteiger partial charge in [-0.15, -0.1) is 0 Å². The van der Waals surface area contributed by atoms with Crippen LogP contribution in [0.15, 0.2) is 60.2 Å². The van der Waals surface area contributed by atoms with Gasteiger partial charge in [-0.25, -0.2) is 4.90 Å². The van der Waals surface area contributed by atoms with Gasteiger partial charge in [0.15, 0.2) is 0 Å². The maximum absolute atomic E-state index is 12.6. The number of anilines is 1. The molecule has 2 aromatic rings. The standard InChI is InChI=1S/C17H12ClNO2/c1-11-15(12-5-3-2-4-6-12)17(21)19(16(11)20)14-9-7-13(18)8-10-14/h2-10H,1H3. The molecule has 0 saturated carbocycles. The highest BCUT2D eigenvalue weighted by molar-refractivity contribution is 6.45. The number of hydrogen-bond donors (Lipinski definition) is 0. The second-order valence-corrected chi connectivity index (χ2v) is 5.22. The second-order valence-electron chi connectivity index (χ2n) is 4.79. The zero-order valence-electron chi connectivity index (χ0n) is 11.3. The van der Waals surface area contributed by atoms with Gasteiger partial charge in [0.1, 0.15) is 0 Å². The molecule has 0 aromatic heterocycles. The minimum absolute atomic E-state index is 0.291. The number of amides is 2. The van der Waals surface area contributed by atoms with E-state index in [0.29, 0.717) is 21.9 Å². The first-order valence-electron chi connectivity index (χ1n) is 6.50. The molecule has 1 aliphatic heterocycles. The van der Waals surface area contributed by atoms with E-state index < -0.39 is 0 Å². The molecule has 3 nitrogen and oxygen atoms in total. The molecule has 0 aliphatic carbocycles. The van der Waals surface area contributed by atoms with Crippen LogP contribution in [0.4, 0.5) is 5.69 Å². The topological polar surface area (TPSA) is 37.4 Å². The van der Waals surface area contributed by atoms with Gasteiger partial charge in [0.2, 0.25) is 0 Å². The van der Waals surface area contributed by atoms with Gasteiger partial charge in [-0.05, 0) is 36.8 Å². The van der Waals surface area contributed by atoms with E-state index in [4.69, 9.17) is 11.6 Å². The van der Waals surface area contributed by atoms with Crippen LogP contribution in [0.1, 0.15) is 12.5 Å². The van der Waals surface area contributed by atoms with E-state index in [2.05, 4.69) is 0 Å². The summed E-state index contributed by atoms with van der Waals surface area (Å²) in [7, 11) is 0. The highest BCUT2D eigenvalue weighted by Gasteiger charge is 2.37. The van der Waals surface area contributed by atoms with Crippen molar-refractivity contribution in [3.8, 4) is 0 Å². The summed E-state index contributed by atoms with van der Waals surface area (Å²) in [4.78, 5) is 26.2. The largest absolute Gasteiger partial charge is 0.269 e. The van der Waals surface area contributed by atoms with Crippen LogP contribution in [0, 0.1) is 0 Å². The lowest BCUT2D eigenvalue weighted by atomic mass is 10.0. The van der Waals surface area contributed by atoms with E-state index in [-0.39, 0.29) is 11.8 Å². The summed E-state index contributed by atoms with van der Waals surface area (Å²) < 4.78 is 0. The minimum Gasteiger partial charge on any atom is -0.269 e. The Morgan fingerprint density at radius 1 is 0.857 bits per heavy atom. The van der Waals surface area contributed by atoms with E-state index in [9.17, 15) is 9.59 Å². The van der Waals surface area contributed by atoms with Crippen molar-refractivity contribution >= 4 is 34.7 Å². The Labute approximate surface area is 127 Å². The molecular formula is C17H12ClNO2. The first-order chi connectivity index (χ1) is 10.1. The zero-order chi connectivity index (χ0) is 15.0. The second kappa shape index (κ2) is 5.19. The lowest BCUT2D eigenvalue weighted by Gasteiger charge is -2.15. The van der Waals surface area contributed by atoms with Crippen molar-refractivity contribution in [2.24, 2.45) is 0 Å². The van der Waals surface area contributed by atoms with Crippen LogP contribution in [0.3, 0.4) is 0 Å². The lowest BCUT2D eigenvalue weighted by molar-refractivity contribution is -0.120. The fourth-order valence-electron chi connectivity index (χ4n) is 2.41. The van der Waals surface area contributed by atoms with Crippen LogP contribution in [0.2, 0.25) is 5.02 Å². The molecule has 2 amide bonds. The number of hydrogen-bond acceptors (Lipinski definition) is 2. The number of carbonyl (C=O) groups is 2. The van der Waals surface area contributed by atoms with Crippen LogP contribution in [-0.4, -0.2) is 11.8 Å². The van der Waals surface area contributed by atoms with Gasteiger partial charge < -0.3 is 0 Å². The molecule has 1 aliphatic rings. The van der Waals surface area contributed by atoms with E-state index in [1.54, 1.807) is 31.2 Å². The van der Waals surface area contributed by atoms with Crippen LogP contribution >= 0.6 is 11.6 Å². The molecule has 104 valence electrons. The van der Waals surface area contributed by atoms with E-state index in [1.807, 2.05) is 30.3 Å². The molecule has 21 heavy (non-hydrogen) atoms. The Kier molecular flexibility index (Phi) is 3.35. The Morgan fingerprint density at radius 2 is 1.48 bits per heavy atom. The maximum Gasteiger partial charge on any atom is 0.266 e. The molecule has 4 heteroatoms. The fourth-order valence-corrected chi connectivity index (χ4v) is 2.53. The number of rotatable bonds is 2. The summed E-state index contributed by atoms with van der Waals surface area (Å²) in [6.07, 6.45) is 0. The average Bonchev–Trinajstić information content (AvgIpc) is 2.72. The van der Waals surface area contributed by atoms with E-state index in [0.717, 1.165) is 5.56 Å². The summed E-state index contributed by atoms with van der Waals surface area (Å²) in [5.41, 5.74) is 2.20. The van der Waals surface area contributed by atoms with Crippen molar-refractivity contribution in [3.05, 3.63) is 70.8 Å². The van der Waals surface area contributed by atoms with Crippen LogP contribution in [0.5, 0.6) is 0 Å². The number of imide groups is 1. The first kappa shape index (κ1) is 13.6. The molecule has 0 fully saturated rings. The molecule has 0 radical (unpaired) electrons. The van der Waals surface area contributed by atoms with Gasteiger partial charge >= 0.3 is 0 Å². The monoisotopic (exact) mass is 297 g/mol. The quantitative estimate of drug-likeness (QED) is 0.793.